The minimum absolute atomic E-state index is 0.416. The number of nitrogen functional groups attached to an aromatic ring is 1. The highest BCUT2D eigenvalue weighted by molar-refractivity contribution is 7.71. The van der Waals surface area contributed by atoms with Crippen molar-refractivity contribution >= 4 is 28.9 Å². The first-order valence-corrected chi connectivity index (χ1v) is 7.36. The molecule has 0 atom stereocenters. The van der Waals surface area contributed by atoms with Crippen LogP contribution >= 0.6 is 12.2 Å². The Hall–Kier alpha value is -2.67. The number of ether oxygens (including phenoxy) is 2. The van der Waals surface area contributed by atoms with Gasteiger partial charge in [0.2, 0.25) is 4.77 Å². The number of nitrogens with zero attached hydrogens (tertiary/aromatic N) is 3. The van der Waals surface area contributed by atoms with Crippen molar-refractivity contribution in [1.29, 1.82) is 0 Å². The van der Waals surface area contributed by atoms with Crippen molar-refractivity contribution in [3.05, 3.63) is 47.0 Å². The molecule has 3 rings (SSSR count). The highest BCUT2D eigenvalue weighted by Crippen LogP contribution is 2.33. The van der Waals surface area contributed by atoms with Gasteiger partial charge in [-0.25, -0.2) is 4.98 Å². The van der Waals surface area contributed by atoms with Gasteiger partial charge in [-0.2, -0.15) is 0 Å². The molecule has 118 valence electrons. The predicted octanol–water partition coefficient (Wildman–Crippen LogP) is 2.81. The van der Waals surface area contributed by atoms with E-state index in [9.17, 15) is 0 Å². The molecule has 0 saturated heterocycles. The van der Waals surface area contributed by atoms with Gasteiger partial charge < -0.3 is 15.2 Å². The van der Waals surface area contributed by atoms with E-state index < -0.39 is 0 Å². The molecule has 0 spiro atoms. The van der Waals surface area contributed by atoms with Crippen LogP contribution in [0.5, 0.6) is 11.5 Å². The van der Waals surface area contributed by atoms with Crippen LogP contribution in [0.25, 0.3) is 10.9 Å². The van der Waals surface area contributed by atoms with E-state index >= 15 is 0 Å². The summed E-state index contributed by atoms with van der Waals surface area (Å²) >= 11 is 5.39. The third kappa shape index (κ3) is 2.83. The average molecular weight is 328 g/mol. The lowest BCUT2D eigenvalue weighted by Crippen LogP contribution is -2.10. The van der Waals surface area contributed by atoms with Crippen LogP contribution in [0.1, 0.15) is 5.56 Å². The van der Waals surface area contributed by atoms with Crippen LogP contribution in [0.3, 0.4) is 0 Å². The Morgan fingerprint density at radius 2 is 1.78 bits per heavy atom. The Bertz CT molecular complexity index is 909. The van der Waals surface area contributed by atoms with E-state index in [-0.39, 0.29) is 0 Å². The van der Waals surface area contributed by atoms with E-state index in [1.54, 1.807) is 37.2 Å². The third-order valence-corrected chi connectivity index (χ3v) is 3.92. The molecule has 7 heteroatoms. The zero-order valence-electron chi connectivity index (χ0n) is 12.8. The Morgan fingerprint density at radius 3 is 2.43 bits per heavy atom. The molecule has 1 aromatic carbocycles. The number of methoxy groups -OCH3 is 2. The molecule has 2 heterocycles. The number of fused-ring (bicyclic) bond motifs is 1. The lowest BCUT2D eigenvalue weighted by Gasteiger charge is -2.15. The second-order valence-electron chi connectivity index (χ2n) is 4.95. The van der Waals surface area contributed by atoms with Gasteiger partial charge in [-0.3, -0.25) is 9.55 Å². The largest absolute Gasteiger partial charge is 0.493 e. The zero-order chi connectivity index (χ0) is 16.4. The van der Waals surface area contributed by atoms with E-state index in [1.165, 1.54) is 0 Å². The smallest absolute Gasteiger partial charge is 0.201 e. The summed E-state index contributed by atoms with van der Waals surface area (Å²) in [7, 11) is 3.16. The maximum absolute atomic E-state index is 6.33. The summed E-state index contributed by atoms with van der Waals surface area (Å²) in [5.74, 6) is 1.73. The van der Waals surface area contributed by atoms with Crippen molar-refractivity contribution in [2.45, 2.75) is 6.54 Å². The van der Waals surface area contributed by atoms with Gasteiger partial charge in [0.1, 0.15) is 5.82 Å². The minimum Gasteiger partial charge on any atom is -0.493 e. The van der Waals surface area contributed by atoms with Crippen molar-refractivity contribution < 1.29 is 9.47 Å². The van der Waals surface area contributed by atoms with Crippen LogP contribution in [0.2, 0.25) is 0 Å². The molecule has 0 saturated carbocycles. The van der Waals surface area contributed by atoms with Gasteiger partial charge in [0.05, 0.1) is 26.3 Å². The Morgan fingerprint density at radius 1 is 1.13 bits per heavy atom. The SMILES string of the molecule is COc1cc2nc(=S)n(Cc3ccncc3)c(N)c2cc1OC. The first-order chi connectivity index (χ1) is 11.1. The van der Waals surface area contributed by atoms with Crippen molar-refractivity contribution in [2.24, 2.45) is 0 Å². The Labute approximate surface area is 138 Å². The van der Waals surface area contributed by atoms with Crippen molar-refractivity contribution in [2.75, 3.05) is 20.0 Å². The molecule has 0 aliphatic carbocycles. The molecule has 0 aliphatic rings. The molecule has 0 amide bonds. The van der Waals surface area contributed by atoms with Gasteiger partial charge in [0, 0.05) is 23.8 Å². The normalized spacial score (nSPS) is 10.7. The molecule has 2 N–H and O–H groups in total. The Balaban J connectivity index is 2.18. The van der Waals surface area contributed by atoms with E-state index in [0.29, 0.717) is 34.1 Å². The maximum Gasteiger partial charge on any atom is 0.201 e. The molecular formula is C16H16N4O2S. The fourth-order valence-corrected chi connectivity index (χ4v) is 2.66. The molecule has 0 fully saturated rings. The second-order valence-corrected chi connectivity index (χ2v) is 5.31. The second kappa shape index (κ2) is 6.21. The zero-order valence-corrected chi connectivity index (χ0v) is 13.6. The molecule has 0 unspecified atom stereocenters. The number of nitrogens with two attached hydrogens (primary N) is 1. The van der Waals surface area contributed by atoms with E-state index in [1.807, 2.05) is 18.2 Å². The molecule has 6 nitrogen and oxygen atoms in total. The summed E-state index contributed by atoms with van der Waals surface area (Å²) in [6.07, 6.45) is 3.47. The highest BCUT2D eigenvalue weighted by Gasteiger charge is 2.12. The maximum atomic E-state index is 6.33. The van der Waals surface area contributed by atoms with Crippen LogP contribution in [-0.2, 0) is 6.54 Å². The Kier molecular flexibility index (Phi) is 4.12. The van der Waals surface area contributed by atoms with Crippen molar-refractivity contribution in [1.82, 2.24) is 14.5 Å². The quantitative estimate of drug-likeness (QED) is 0.742. The molecule has 0 radical (unpaired) electrons. The number of anilines is 1. The number of hydrogen-bond acceptors (Lipinski definition) is 6. The summed E-state index contributed by atoms with van der Waals surface area (Å²) in [5, 5.41) is 0.769. The predicted molar refractivity (Wildman–Crippen MR) is 91.4 cm³/mol. The van der Waals surface area contributed by atoms with E-state index in [2.05, 4.69) is 9.97 Å². The number of benzene rings is 1. The van der Waals surface area contributed by atoms with Crippen LogP contribution < -0.4 is 15.2 Å². The summed E-state index contributed by atoms with van der Waals surface area (Å²) < 4.78 is 12.8. The van der Waals surface area contributed by atoms with Gasteiger partial charge in [-0.15, -0.1) is 0 Å². The number of rotatable bonds is 4. The van der Waals surface area contributed by atoms with E-state index in [0.717, 1.165) is 10.9 Å². The highest BCUT2D eigenvalue weighted by atomic mass is 32.1. The van der Waals surface area contributed by atoms with Crippen molar-refractivity contribution in [3.8, 4) is 11.5 Å². The summed E-state index contributed by atoms with van der Waals surface area (Å²) in [4.78, 5) is 8.47. The summed E-state index contributed by atoms with van der Waals surface area (Å²) in [5.41, 5.74) is 8.05. The third-order valence-electron chi connectivity index (χ3n) is 3.61. The number of aromatic nitrogens is 3. The molecular weight excluding hydrogens is 312 g/mol. The van der Waals surface area contributed by atoms with Crippen molar-refractivity contribution in [3.63, 3.8) is 0 Å². The minimum atomic E-state index is 0.416. The fraction of sp³-hybridized carbons (Fsp3) is 0.188. The van der Waals surface area contributed by atoms with Gasteiger partial charge >= 0.3 is 0 Å². The van der Waals surface area contributed by atoms with Crippen LogP contribution in [-0.4, -0.2) is 28.8 Å². The topological polar surface area (TPSA) is 75.2 Å². The molecule has 3 aromatic rings. The first-order valence-electron chi connectivity index (χ1n) is 6.95. The van der Waals surface area contributed by atoms with Crippen LogP contribution in [0.4, 0.5) is 5.82 Å². The number of hydrogen-bond donors (Lipinski definition) is 1. The first kappa shape index (κ1) is 15.2. The van der Waals surface area contributed by atoms with Gasteiger partial charge in [-0.05, 0) is 36.0 Å². The standard InChI is InChI=1S/C16H16N4O2S/c1-21-13-7-11-12(8-14(13)22-2)19-16(23)20(15(11)17)9-10-3-5-18-6-4-10/h3-8H,9,17H2,1-2H3. The lowest BCUT2D eigenvalue weighted by atomic mass is 10.2. The average Bonchev–Trinajstić information content (AvgIpc) is 2.58. The van der Waals surface area contributed by atoms with Crippen LogP contribution in [0, 0.1) is 4.77 Å². The van der Waals surface area contributed by atoms with Gasteiger partial charge in [-0.1, -0.05) is 0 Å². The van der Waals surface area contributed by atoms with E-state index in [4.69, 9.17) is 27.4 Å². The molecule has 0 bridgehead atoms. The van der Waals surface area contributed by atoms with Gasteiger partial charge in [0.15, 0.2) is 11.5 Å². The monoisotopic (exact) mass is 328 g/mol. The fourth-order valence-electron chi connectivity index (χ4n) is 2.40. The lowest BCUT2D eigenvalue weighted by molar-refractivity contribution is 0.355. The summed E-state index contributed by atoms with van der Waals surface area (Å²) in [6.45, 7) is 0.532. The van der Waals surface area contributed by atoms with Gasteiger partial charge in [0.25, 0.3) is 0 Å². The summed E-state index contributed by atoms with van der Waals surface area (Å²) in [6, 6.07) is 7.42. The van der Waals surface area contributed by atoms with Crippen LogP contribution in [0.15, 0.2) is 36.7 Å². The molecule has 2 aromatic heterocycles. The number of pyridine rings is 1. The molecule has 23 heavy (non-hydrogen) atoms. The molecule has 0 aliphatic heterocycles.